The fourth-order valence-corrected chi connectivity index (χ4v) is 1.73. The van der Waals surface area contributed by atoms with E-state index in [4.69, 9.17) is 4.74 Å². The van der Waals surface area contributed by atoms with Gasteiger partial charge in [0.05, 0.1) is 0 Å². The van der Waals surface area contributed by atoms with Gasteiger partial charge < -0.3 is 9.64 Å². The maximum Gasteiger partial charge on any atom is 0.417 e. The first kappa shape index (κ1) is 14.6. The Morgan fingerprint density at radius 3 is 2.38 bits per heavy atom. The summed E-state index contributed by atoms with van der Waals surface area (Å²) in [5.74, 6) is 0.325. The van der Waals surface area contributed by atoms with Crippen molar-refractivity contribution in [1.82, 2.24) is 4.90 Å². The highest BCUT2D eigenvalue weighted by Gasteiger charge is 2.10. The third kappa shape index (κ3) is 4.07. The monoisotopic (exact) mass is 284 g/mol. The van der Waals surface area contributed by atoms with Gasteiger partial charge in [0.2, 0.25) is 0 Å². The highest BCUT2D eigenvalue weighted by Crippen LogP contribution is 2.14. The molecule has 0 fully saturated rings. The Labute approximate surface area is 123 Å². The zero-order valence-electron chi connectivity index (χ0n) is 11.9. The Hall–Kier alpha value is -2.82. The zero-order valence-corrected chi connectivity index (χ0v) is 11.9. The van der Waals surface area contributed by atoms with E-state index in [2.05, 4.69) is 5.32 Å². The molecule has 108 valence electrons. The number of hydrogen-bond acceptors (Lipinski definition) is 3. The van der Waals surface area contributed by atoms with Gasteiger partial charge >= 0.3 is 6.09 Å². The lowest BCUT2D eigenvalue weighted by atomic mass is 10.2. The molecule has 0 aliphatic rings. The molecule has 21 heavy (non-hydrogen) atoms. The first-order chi connectivity index (χ1) is 10.1. The average Bonchev–Trinajstić information content (AvgIpc) is 2.47. The number of carbonyl (C=O) groups is 2. The molecule has 0 spiro atoms. The SMILES string of the molecule is CN(C)C(=O)c1cccc(NC(=O)Oc2ccccc2)c1. The van der Waals surface area contributed by atoms with E-state index in [1.165, 1.54) is 4.90 Å². The van der Waals surface area contributed by atoms with Crippen LogP contribution in [0.3, 0.4) is 0 Å². The molecule has 5 heteroatoms. The molecule has 2 amide bonds. The van der Waals surface area contributed by atoms with Gasteiger partial charge in [0.15, 0.2) is 0 Å². The topological polar surface area (TPSA) is 58.6 Å². The maximum absolute atomic E-state index is 11.9. The van der Waals surface area contributed by atoms with Crippen LogP contribution in [0, 0.1) is 0 Å². The lowest BCUT2D eigenvalue weighted by Crippen LogP contribution is -2.22. The van der Waals surface area contributed by atoms with Crippen LogP contribution in [0.15, 0.2) is 54.6 Å². The lowest BCUT2D eigenvalue weighted by Gasteiger charge is -2.11. The number of carbonyl (C=O) groups excluding carboxylic acids is 2. The molecule has 0 atom stereocenters. The molecular formula is C16H16N2O3. The molecule has 0 radical (unpaired) electrons. The van der Waals surface area contributed by atoms with Crippen LogP contribution < -0.4 is 10.1 Å². The summed E-state index contributed by atoms with van der Waals surface area (Å²) in [4.78, 5) is 25.1. The number of benzene rings is 2. The second kappa shape index (κ2) is 6.56. The van der Waals surface area contributed by atoms with Crippen LogP contribution in [0.2, 0.25) is 0 Å². The van der Waals surface area contributed by atoms with E-state index in [1.807, 2.05) is 6.07 Å². The minimum atomic E-state index is -0.601. The molecule has 5 nitrogen and oxygen atoms in total. The van der Waals surface area contributed by atoms with Gasteiger partial charge in [-0.1, -0.05) is 24.3 Å². The summed E-state index contributed by atoms with van der Waals surface area (Å²) >= 11 is 0. The van der Waals surface area contributed by atoms with E-state index in [9.17, 15) is 9.59 Å². The second-order valence-electron chi connectivity index (χ2n) is 4.61. The molecule has 2 aromatic rings. The third-order valence-electron chi connectivity index (χ3n) is 2.72. The molecule has 1 N–H and O–H groups in total. The van der Waals surface area contributed by atoms with Crippen LogP contribution in [0.25, 0.3) is 0 Å². The number of nitrogens with zero attached hydrogens (tertiary/aromatic N) is 1. The van der Waals surface area contributed by atoms with Crippen molar-refractivity contribution in [1.29, 1.82) is 0 Å². The van der Waals surface area contributed by atoms with E-state index in [0.717, 1.165) is 0 Å². The zero-order chi connectivity index (χ0) is 15.2. The number of nitrogens with one attached hydrogen (secondary N) is 1. The Kier molecular flexibility index (Phi) is 4.56. The third-order valence-corrected chi connectivity index (χ3v) is 2.72. The van der Waals surface area contributed by atoms with Crippen molar-refractivity contribution >= 4 is 17.7 Å². The van der Waals surface area contributed by atoms with Crippen molar-refractivity contribution in [3.8, 4) is 5.75 Å². The summed E-state index contributed by atoms with van der Waals surface area (Å²) in [6, 6.07) is 15.5. The van der Waals surface area contributed by atoms with Crippen LogP contribution >= 0.6 is 0 Å². The van der Waals surface area contributed by atoms with Gasteiger partial charge in [-0.05, 0) is 30.3 Å². The fourth-order valence-electron chi connectivity index (χ4n) is 1.73. The summed E-state index contributed by atoms with van der Waals surface area (Å²) in [6.45, 7) is 0. The normalized spacial score (nSPS) is 9.81. The highest BCUT2D eigenvalue weighted by molar-refractivity contribution is 5.96. The highest BCUT2D eigenvalue weighted by atomic mass is 16.6. The first-order valence-electron chi connectivity index (χ1n) is 6.42. The predicted octanol–water partition coefficient (Wildman–Crippen LogP) is 3.00. The van der Waals surface area contributed by atoms with Crippen molar-refractivity contribution < 1.29 is 14.3 Å². The van der Waals surface area contributed by atoms with E-state index >= 15 is 0 Å². The van der Waals surface area contributed by atoms with Crippen LogP contribution in [-0.2, 0) is 0 Å². The van der Waals surface area contributed by atoms with E-state index in [-0.39, 0.29) is 5.91 Å². The van der Waals surface area contributed by atoms with Crippen molar-refractivity contribution in [2.24, 2.45) is 0 Å². The predicted molar refractivity (Wildman–Crippen MR) is 80.5 cm³/mol. The quantitative estimate of drug-likeness (QED) is 0.942. The number of ether oxygens (including phenoxy) is 1. The van der Waals surface area contributed by atoms with E-state index in [0.29, 0.717) is 17.0 Å². The van der Waals surface area contributed by atoms with Crippen LogP contribution in [-0.4, -0.2) is 31.0 Å². The summed E-state index contributed by atoms with van der Waals surface area (Å²) in [5.41, 5.74) is 1.00. The molecule has 2 aromatic carbocycles. The molecule has 0 heterocycles. The number of anilines is 1. The van der Waals surface area contributed by atoms with Crippen molar-refractivity contribution in [2.75, 3.05) is 19.4 Å². The minimum Gasteiger partial charge on any atom is -0.410 e. The molecule has 2 rings (SSSR count). The molecule has 0 unspecified atom stereocenters. The van der Waals surface area contributed by atoms with Crippen molar-refractivity contribution in [3.63, 3.8) is 0 Å². The van der Waals surface area contributed by atoms with Gasteiger partial charge in [-0.2, -0.15) is 0 Å². The molecular weight excluding hydrogens is 268 g/mol. The van der Waals surface area contributed by atoms with Gasteiger partial charge in [-0.3, -0.25) is 10.1 Å². The molecule has 0 saturated carbocycles. The standard InChI is InChI=1S/C16H16N2O3/c1-18(2)15(19)12-7-6-8-13(11-12)17-16(20)21-14-9-4-3-5-10-14/h3-11H,1-2H3,(H,17,20). The van der Waals surface area contributed by atoms with Crippen molar-refractivity contribution in [2.45, 2.75) is 0 Å². The Balaban J connectivity index is 2.04. The number of hydrogen-bond donors (Lipinski definition) is 1. The van der Waals surface area contributed by atoms with Gasteiger partial charge in [0, 0.05) is 25.3 Å². The number of rotatable bonds is 3. The number of para-hydroxylation sites is 1. The van der Waals surface area contributed by atoms with Crippen LogP contribution in [0.4, 0.5) is 10.5 Å². The fraction of sp³-hybridized carbons (Fsp3) is 0.125. The van der Waals surface area contributed by atoms with Gasteiger partial charge in [0.25, 0.3) is 5.91 Å². The lowest BCUT2D eigenvalue weighted by molar-refractivity contribution is 0.0827. The van der Waals surface area contributed by atoms with Crippen LogP contribution in [0.1, 0.15) is 10.4 Å². The number of amides is 2. The summed E-state index contributed by atoms with van der Waals surface area (Å²) < 4.78 is 5.12. The van der Waals surface area contributed by atoms with Gasteiger partial charge in [0.1, 0.15) is 5.75 Å². The van der Waals surface area contributed by atoms with E-state index < -0.39 is 6.09 Å². The average molecular weight is 284 g/mol. The molecule has 0 bridgehead atoms. The van der Waals surface area contributed by atoms with Crippen LogP contribution in [0.5, 0.6) is 5.75 Å². The maximum atomic E-state index is 11.9. The largest absolute Gasteiger partial charge is 0.417 e. The smallest absolute Gasteiger partial charge is 0.410 e. The Morgan fingerprint density at radius 2 is 1.71 bits per heavy atom. The molecule has 0 aliphatic heterocycles. The van der Waals surface area contributed by atoms with Gasteiger partial charge in [-0.25, -0.2) is 4.79 Å². The summed E-state index contributed by atoms with van der Waals surface area (Å²) in [7, 11) is 3.35. The molecule has 0 aromatic heterocycles. The molecule has 0 saturated heterocycles. The second-order valence-corrected chi connectivity index (χ2v) is 4.61. The molecule has 0 aliphatic carbocycles. The van der Waals surface area contributed by atoms with E-state index in [1.54, 1.807) is 62.6 Å². The van der Waals surface area contributed by atoms with Gasteiger partial charge in [-0.15, -0.1) is 0 Å². The summed E-state index contributed by atoms with van der Waals surface area (Å²) in [5, 5.41) is 2.59. The Bertz CT molecular complexity index is 639. The first-order valence-corrected chi connectivity index (χ1v) is 6.42. The van der Waals surface area contributed by atoms with Crippen molar-refractivity contribution in [3.05, 3.63) is 60.2 Å². The minimum absolute atomic E-state index is 0.130. The summed E-state index contributed by atoms with van der Waals surface area (Å²) in [6.07, 6.45) is -0.601. The Morgan fingerprint density at radius 1 is 1.00 bits per heavy atom.